The van der Waals surface area contributed by atoms with Crippen molar-refractivity contribution in [3.8, 4) is 11.1 Å². The number of carbonyl (C=O) groups is 1. The van der Waals surface area contributed by atoms with Gasteiger partial charge in [-0.2, -0.15) is 13.2 Å². The highest BCUT2D eigenvalue weighted by Crippen LogP contribution is 2.38. The third-order valence-electron chi connectivity index (χ3n) is 6.25. The fourth-order valence-electron chi connectivity index (χ4n) is 4.09. The molecule has 7 heteroatoms. The number of hydrogen-bond donors (Lipinski definition) is 2. The molecular weight excluding hydrogens is 453 g/mol. The number of aryl methyl sites for hydroxylation is 1. The third-order valence-corrected chi connectivity index (χ3v) is 6.25. The maximum Gasteiger partial charge on any atom is 0.418 e. The molecular formula is C28H25F3N2O2. The van der Waals surface area contributed by atoms with Crippen LogP contribution in [0.2, 0.25) is 0 Å². The maximum atomic E-state index is 13.5. The molecule has 0 aliphatic carbocycles. The number of nitrogens with zero attached hydrogens (tertiary/aromatic N) is 1. The Balaban J connectivity index is 1.62. The summed E-state index contributed by atoms with van der Waals surface area (Å²) in [5, 5.41) is 13.2. The second-order valence-corrected chi connectivity index (χ2v) is 9.08. The number of halogens is 3. The van der Waals surface area contributed by atoms with Gasteiger partial charge in [-0.1, -0.05) is 48.5 Å². The lowest BCUT2D eigenvalue weighted by Crippen LogP contribution is -2.28. The minimum Gasteiger partial charge on any atom is -0.481 e. The second-order valence-electron chi connectivity index (χ2n) is 9.08. The number of hydrogen-bond acceptors (Lipinski definition) is 3. The monoisotopic (exact) mass is 478 g/mol. The molecule has 0 aliphatic heterocycles. The molecule has 0 saturated carbocycles. The molecule has 0 unspecified atom stereocenters. The van der Waals surface area contributed by atoms with Gasteiger partial charge in [0.1, 0.15) is 0 Å². The quantitative estimate of drug-likeness (QED) is 0.308. The van der Waals surface area contributed by atoms with Gasteiger partial charge in [-0.25, -0.2) is 0 Å². The molecule has 0 spiro atoms. The molecule has 4 nitrogen and oxygen atoms in total. The van der Waals surface area contributed by atoms with Gasteiger partial charge in [-0.05, 0) is 66.8 Å². The molecule has 0 bridgehead atoms. The molecule has 1 heterocycles. The van der Waals surface area contributed by atoms with Crippen LogP contribution in [0.15, 0.2) is 72.9 Å². The Morgan fingerprint density at radius 1 is 1.00 bits per heavy atom. The summed E-state index contributed by atoms with van der Waals surface area (Å²) in [6.45, 7) is 5.67. The van der Waals surface area contributed by atoms with Crippen LogP contribution < -0.4 is 5.32 Å². The minimum absolute atomic E-state index is 0.0664. The van der Waals surface area contributed by atoms with Gasteiger partial charge >= 0.3 is 12.1 Å². The van der Waals surface area contributed by atoms with Crippen molar-refractivity contribution >= 4 is 22.6 Å². The van der Waals surface area contributed by atoms with E-state index in [0.717, 1.165) is 28.4 Å². The highest BCUT2D eigenvalue weighted by molar-refractivity contribution is 5.98. The highest BCUT2D eigenvalue weighted by Gasteiger charge is 2.33. The molecule has 4 aromatic rings. The molecule has 2 N–H and O–H groups in total. The summed E-state index contributed by atoms with van der Waals surface area (Å²) >= 11 is 0. The number of aliphatic carboxylic acids is 1. The lowest BCUT2D eigenvalue weighted by atomic mass is 9.84. The molecule has 4 rings (SSSR count). The molecule has 3 aromatic carbocycles. The van der Waals surface area contributed by atoms with Crippen LogP contribution in [0.1, 0.15) is 36.1 Å². The van der Waals surface area contributed by atoms with Crippen molar-refractivity contribution in [3.63, 3.8) is 0 Å². The number of pyridine rings is 1. The van der Waals surface area contributed by atoms with Crippen molar-refractivity contribution in [2.45, 2.75) is 38.9 Å². The van der Waals surface area contributed by atoms with Crippen LogP contribution in [-0.2, 0) is 22.9 Å². The van der Waals surface area contributed by atoms with Crippen molar-refractivity contribution in [3.05, 3.63) is 95.2 Å². The van der Waals surface area contributed by atoms with E-state index in [4.69, 9.17) is 0 Å². The van der Waals surface area contributed by atoms with Crippen molar-refractivity contribution in [2.75, 3.05) is 5.32 Å². The van der Waals surface area contributed by atoms with Crippen LogP contribution in [0.5, 0.6) is 0 Å². The first-order valence-corrected chi connectivity index (χ1v) is 11.1. The van der Waals surface area contributed by atoms with E-state index < -0.39 is 23.1 Å². The summed E-state index contributed by atoms with van der Waals surface area (Å²) in [6.07, 6.45) is -3.01. The standard InChI is InChI=1S/C28H25F3N2O2/c1-17-15-33-25-22(8-5-9-23(25)28(29,30)31)24(17)19-6-4-7-21(14-19)32-16-18-10-12-20(13-11-18)27(2,3)26(34)35/h4-15,32H,16H2,1-3H3,(H,34,35). The Morgan fingerprint density at radius 3 is 2.34 bits per heavy atom. The molecule has 1 aromatic heterocycles. The van der Waals surface area contributed by atoms with Gasteiger partial charge in [-0.3, -0.25) is 9.78 Å². The highest BCUT2D eigenvalue weighted by atomic mass is 19.4. The van der Waals surface area contributed by atoms with Crippen LogP contribution in [0, 0.1) is 6.92 Å². The van der Waals surface area contributed by atoms with Gasteiger partial charge in [0.25, 0.3) is 0 Å². The third kappa shape index (κ3) is 4.85. The maximum absolute atomic E-state index is 13.5. The van der Waals surface area contributed by atoms with Crippen LogP contribution >= 0.6 is 0 Å². The second kappa shape index (κ2) is 9.06. The van der Waals surface area contributed by atoms with Gasteiger partial charge in [0.05, 0.1) is 16.5 Å². The number of anilines is 1. The van der Waals surface area contributed by atoms with Gasteiger partial charge in [0.15, 0.2) is 0 Å². The summed E-state index contributed by atoms with van der Waals surface area (Å²) in [5.74, 6) is -0.888. The molecule has 180 valence electrons. The Labute approximate surface area is 201 Å². The lowest BCUT2D eigenvalue weighted by Gasteiger charge is -2.20. The number of alkyl halides is 3. The van der Waals surface area contributed by atoms with Gasteiger partial charge in [-0.15, -0.1) is 0 Å². The molecule has 0 amide bonds. The summed E-state index contributed by atoms with van der Waals surface area (Å²) in [7, 11) is 0. The van der Waals surface area contributed by atoms with Crippen LogP contribution in [0.25, 0.3) is 22.0 Å². The van der Waals surface area contributed by atoms with Gasteiger partial charge in [0.2, 0.25) is 0 Å². The van der Waals surface area contributed by atoms with Crippen molar-refractivity contribution in [1.29, 1.82) is 0 Å². The van der Waals surface area contributed by atoms with Gasteiger partial charge < -0.3 is 10.4 Å². The number of fused-ring (bicyclic) bond motifs is 1. The number of carboxylic acid groups (broad SMARTS) is 1. The molecule has 0 radical (unpaired) electrons. The van der Waals surface area contributed by atoms with E-state index in [-0.39, 0.29) is 5.52 Å². The van der Waals surface area contributed by atoms with E-state index in [1.165, 1.54) is 12.3 Å². The summed E-state index contributed by atoms with van der Waals surface area (Å²) < 4.78 is 40.6. The summed E-state index contributed by atoms with van der Waals surface area (Å²) in [6, 6.07) is 19.0. The lowest BCUT2D eigenvalue weighted by molar-refractivity contribution is -0.142. The average molecular weight is 479 g/mol. The summed E-state index contributed by atoms with van der Waals surface area (Å²) in [5.41, 5.74) is 3.00. The van der Waals surface area contributed by atoms with E-state index in [2.05, 4.69) is 10.3 Å². The summed E-state index contributed by atoms with van der Waals surface area (Å²) in [4.78, 5) is 15.6. The Bertz CT molecular complexity index is 1390. The number of benzene rings is 3. The Morgan fingerprint density at radius 2 is 1.69 bits per heavy atom. The van der Waals surface area contributed by atoms with Gasteiger partial charge in [0, 0.05) is 23.8 Å². The van der Waals surface area contributed by atoms with Crippen molar-refractivity contribution in [2.24, 2.45) is 0 Å². The SMILES string of the molecule is Cc1cnc2c(C(F)(F)F)cccc2c1-c1cccc(NCc2ccc(C(C)(C)C(=O)O)cc2)c1. The largest absolute Gasteiger partial charge is 0.481 e. The molecule has 0 atom stereocenters. The van der Waals surface area contributed by atoms with E-state index in [0.29, 0.717) is 23.1 Å². The van der Waals surface area contributed by atoms with Crippen LogP contribution in [0.4, 0.5) is 18.9 Å². The van der Waals surface area contributed by atoms with E-state index in [1.807, 2.05) is 55.5 Å². The number of rotatable bonds is 6. The zero-order chi connectivity index (χ0) is 25.4. The topological polar surface area (TPSA) is 62.2 Å². The minimum atomic E-state index is -4.49. The first-order valence-electron chi connectivity index (χ1n) is 11.1. The van der Waals surface area contributed by atoms with Crippen molar-refractivity contribution < 1.29 is 23.1 Å². The number of carboxylic acids is 1. The zero-order valence-electron chi connectivity index (χ0n) is 19.6. The zero-order valence-corrected chi connectivity index (χ0v) is 19.6. The number of nitrogens with one attached hydrogen (secondary N) is 1. The van der Waals surface area contributed by atoms with E-state index in [1.54, 1.807) is 19.9 Å². The predicted molar refractivity (Wildman–Crippen MR) is 131 cm³/mol. The molecule has 0 aliphatic rings. The Hall–Kier alpha value is -3.87. The number of para-hydroxylation sites is 1. The first-order chi connectivity index (χ1) is 16.5. The molecule has 35 heavy (non-hydrogen) atoms. The molecule has 0 fully saturated rings. The predicted octanol–water partition coefficient (Wildman–Crippen LogP) is 7.20. The van der Waals surface area contributed by atoms with E-state index in [9.17, 15) is 23.1 Å². The van der Waals surface area contributed by atoms with Crippen molar-refractivity contribution in [1.82, 2.24) is 4.98 Å². The first kappa shape index (κ1) is 24.3. The molecule has 0 saturated heterocycles. The van der Waals surface area contributed by atoms with Crippen LogP contribution in [0.3, 0.4) is 0 Å². The Kier molecular flexibility index (Phi) is 6.28. The van der Waals surface area contributed by atoms with Crippen LogP contribution in [-0.4, -0.2) is 16.1 Å². The number of aromatic nitrogens is 1. The smallest absolute Gasteiger partial charge is 0.418 e. The fourth-order valence-corrected chi connectivity index (χ4v) is 4.09. The van der Waals surface area contributed by atoms with E-state index >= 15 is 0 Å². The normalized spacial score (nSPS) is 12.1. The average Bonchev–Trinajstić information content (AvgIpc) is 2.82. The fraction of sp³-hybridized carbons (Fsp3) is 0.214.